The lowest BCUT2D eigenvalue weighted by Crippen LogP contribution is -2.47. The highest BCUT2D eigenvalue weighted by Gasteiger charge is 2.29. The maximum atomic E-state index is 12.7. The second-order valence-corrected chi connectivity index (χ2v) is 9.49. The van der Waals surface area contributed by atoms with Crippen molar-refractivity contribution in [3.8, 4) is 0 Å². The number of sulfonamides is 1. The van der Waals surface area contributed by atoms with Gasteiger partial charge in [-0.2, -0.15) is 0 Å². The Morgan fingerprint density at radius 2 is 1.63 bits per heavy atom. The molecule has 0 saturated heterocycles. The Labute approximate surface area is 184 Å². The van der Waals surface area contributed by atoms with Crippen molar-refractivity contribution in [2.45, 2.75) is 40.3 Å². The maximum Gasteiger partial charge on any atom is 0.243 e. The third-order valence-electron chi connectivity index (χ3n) is 5.03. The summed E-state index contributed by atoms with van der Waals surface area (Å²) in [6.45, 7) is 9.77. The first kappa shape index (κ1) is 24.0. The van der Waals surface area contributed by atoms with Crippen molar-refractivity contribution >= 4 is 38.9 Å². The van der Waals surface area contributed by atoms with Crippen LogP contribution in [0.5, 0.6) is 0 Å². The first-order valence-corrected chi connectivity index (χ1v) is 12.2. The monoisotopic (exact) mass is 451 g/mol. The molecule has 0 saturated carbocycles. The van der Waals surface area contributed by atoms with E-state index in [4.69, 9.17) is 11.6 Å². The molecule has 2 aromatic carbocycles. The molecule has 1 unspecified atom stereocenters. The molecule has 0 aliphatic carbocycles. The van der Waals surface area contributed by atoms with Gasteiger partial charge in [0.05, 0.1) is 11.9 Å². The molecule has 0 heterocycles. The Morgan fingerprint density at radius 3 is 2.13 bits per heavy atom. The number of carbonyl (C=O) groups excluding carboxylic acids is 1. The minimum absolute atomic E-state index is 0.313. The van der Waals surface area contributed by atoms with Gasteiger partial charge in [0.2, 0.25) is 15.9 Å². The maximum absolute atomic E-state index is 12.7. The van der Waals surface area contributed by atoms with Gasteiger partial charge in [-0.15, -0.1) is 0 Å². The highest BCUT2D eigenvalue weighted by molar-refractivity contribution is 7.92. The number of anilines is 2. The molecule has 0 spiro atoms. The van der Waals surface area contributed by atoms with E-state index in [1.54, 1.807) is 25.1 Å². The summed E-state index contributed by atoms with van der Waals surface area (Å²) in [5.74, 6) is -0.384. The van der Waals surface area contributed by atoms with Crippen molar-refractivity contribution in [1.29, 1.82) is 0 Å². The van der Waals surface area contributed by atoms with E-state index in [1.165, 1.54) is 0 Å². The largest absolute Gasteiger partial charge is 0.372 e. The summed E-state index contributed by atoms with van der Waals surface area (Å²) in [6.07, 6.45) is 1.08. The molecule has 0 bridgehead atoms. The molecule has 0 aromatic heterocycles. The molecule has 0 radical (unpaired) electrons. The predicted octanol–water partition coefficient (Wildman–Crippen LogP) is 3.97. The van der Waals surface area contributed by atoms with Gasteiger partial charge >= 0.3 is 0 Å². The van der Waals surface area contributed by atoms with Crippen LogP contribution in [-0.2, 0) is 21.4 Å². The van der Waals surface area contributed by atoms with Gasteiger partial charge in [0.1, 0.15) is 6.04 Å². The summed E-state index contributed by atoms with van der Waals surface area (Å²) in [5, 5.41) is 3.28. The minimum atomic E-state index is -3.69. The van der Waals surface area contributed by atoms with Gasteiger partial charge in [-0.25, -0.2) is 8.42 Å². The number of benzene rings is 2. The Kier molecular flexibility index (Phi) is 8.15. The molecule has 1 amide bonds. The molecule has 2 rings (SSSR count). The summed E-state index contributed by atoms with van der Waals surface area (Å²) in [5.41, 5.74) is 3.26. The minimum Gasteiger partial charge on any atom is -0.372 e. The average molecular weight is 452 g/mol. The van der Waals surface area contributed by atoms with Crippen molar-refractivity contribution in [2.75, 3.05) is 28.6 Å². The Hall–Kier alpha value is -2.25. The van der Waals surface area contributed by atoms with E-state index in [0.717, 1.165) is 40.5 Å². The molecule has 8 heteroatoms. The molecule has 30 heavy (non-hydrogen) atoms. The van der Waals surface area contributed by atoms with Crippen LogP contribution in [-0.4, -0.2) is 39.7 Å². The Balaban J connectivity index is 2.13. The lowest BCUT2D eigenvalue weighted by Gasteiger charge is -2.28. The van der Waals surface area contributed by atoms with E-state index in [2.05, 4.69) is 24.1 Å². The highest BCUT2D eigenvalue weighted by Crippen LogP contribution is 2.26. The molecular formula is C22H30ClN3O3S. The van der Waals surface area contributed by atoms with Crippen LogP contribution in [0.2, 0.25) is 5.02 Å². The molecule has 0 aliphatic rings. The van der Waals surface area contributed by atoms with E-state index in [1.807, 2.05) is 31.2 Å². The summed E-state index contributed by atoms with van der Waals surface area (Å²) in [4.78, 5) is 15.0. The van der Waals surface area contributed by atoms with E-state index in [0.29, 0.717) is 17.3 Å². The molecule has 6 nitrogen and oxygen atoms in total. The van der Waals surface area contributed by atoms with Gasteiger partial charge in [0, 0.05) is 30.3 Å². The molecule has 0 aliphatic heterocycles. The topological polar surface area (TPSA) is 69.7 Å². The third kappa shape index (κ3) is 5.89. The number of hydrogen-bond acceptors (Lipinski definition) is 4. The van der Waals surface area contributed by atoms with Crippen LogP contribution in [0.15, 0.2) is 42.5 Å². The van der Waals surface area contributed by atoms with Crippen LogP contribution in [0, 0.1) is 6.92 Å². The van der Waals surface area contributed by atoms with Gasteiger partial charge in [0.15, 0.2) is 0 Å². The zero-order valence-corrected chi connectivity index (χ0v) is 19.7. The van der Waals surface area contributed by atoms with Crippen LogP contribution in [0.4, 0.5) is 11.4 Å². The number of nitrogens with one attached hydrogen (secondary N) is 1. The van der Waals surface area contributed by atoms with Crippen molar-refractivity contribution in [2.24, 2.45) is 0 Å². The lowest BCUT2D eigenvalue weighted by molar-refractivity contribution is -0.122. The predicted molar refractivity (Wildman–Crippen MR) is 125 cm³/mol. The number of amides is 1. The van der Waals surface area contributed by atoms with Crippen LogP contribution >= 0.6 is 11.6 Å². The number of hydrogen-bond donors (Lipinski definition) is 1. The van der Waals surface area contributed by atoms with Crippen LogP contribution < -0.4 is 14.5 Å². The SMILES string of the molecule is CCN(CC)c1ccc(CNC(=O)C(C)N(c2ccc(C)c(Cl)c2)S(C)(=O)=O)cc1. The fourth-order valence-electron chi connectivity index (χ4n) is 3.28. The summed E-state index contributed by atoms with van der Waals surface area (Å²) in [6, 6.07) is 12.0. The van der Waals surface area contributed by atoms with Gasteiger partial charge < -0.3 is 10.2 Å². The fourth-order valence-corrected chi connectivity index (χ4v) is 4.62. The molecule has 1 N–H and O–H groups in total. The number of halogens is 1. The zero-order valence-electron chi connectivity index (χ0n) is 18.1. The van der Waals surface area contributed by atoms with Crippen molar-refractivity contribution < 1.29 is 13.2 Å². The van der Waals surface area contributed by atoms with Gasteiger partial charge in [-0.05, 0) is 63.1 Å². The lowest BCUT2D eigenvalue weighted by atomic mass is 10.1. The van der Waals surface area contributed by atoms with Gasteiger partial charge in [0.25, 0.3) is 0 Å². The summed E-state index contributed by atoms with van der Waals surface area (Å²) in [7, 11) is -3.69. The van der Waals surface area contributed by atoms with Crippen molar-refractivity contribution in [3.63, 3.8) is 0 Å². The standard InChI is InChI=1S/C22H30ClN3O3S/c1-6-25(7-2)19-12-9-18(10-13-19)15-24-22(27)17(4)26(30(5,28)29)20-11-8-16(3)21(23)14-20/h8-14,17H,6-7,15H2,1-5H3,(H,24,27). The van der Waals surface area contributed by atoms with Gasteiger partial charge in [-0.1, -0.05) is 29.8 Å². The number of aryl methyl sites for hydroxylation is 1. The first-order valence-electron chi connectivity index (χ1n) is 9.95. The van der Waals surface area contributed by atoms with Crippen molar-refractivity contribution in [1.82, 2.24) is 5.32 Å². The Morgan fingerprint density at radius 1 is 1.07 bits per heavy atom. The number of rotatable bonds is 9. The van der Waals surface area contributed by atoms with E-state index in [9.17, 15) is 13.2 Å². The fraction of sp³-hybridized carbons (Fsp3) is 0.409. The Bertz CT molecular complexity index is 974. The van der Waals surface area contributed by atoms with E-state index >= 15 is 0 Å². The van der Waals surface area contributed by atoms with Crippen molar-refractivity contribution in [3.05, 3.63) is 58.6 Å². The second-order valence-electron chi connectivity index (χ2n) is 7.22. The second kappa shape index (κ2) is 10.2. The zero-order chi connectivity index (χ0) is 22.5. The molecule has 2 aromatic rings. The summed E-state index contributed by atoms with van der Waals surface area (Å²) >= 11 is 6.16. The molecule has 164 valence electrons. The first-order chi connectivity index (χ1) is 14.1. The normalized spacial score (nSPS) is 12.3. The molecule has 0 fully saturated rings. The van der Waals surface area contributed by atoms with Crippen LogP contribution in [0.3, 0.4) is 0 Å². The van der Waals surface area contributed by atoms with E-state index in [-0.39, 0.29) is 5.91 Å². The van der Waals surface area contributed by atoms with Crippen LogP contribution in [0.25, 0.3) is 0 Å². The highest BCUT2D eigenvalue weighted by atomic mass is 35.5. The number of carbonyl (C=O) groups is 1. The third-order valence-corrected chi connectivity index (χ3v) is 6.68. The average Bonchev–Trinajstić information content (AvgIpc) is 2.69. The van der Waals surface area contributed by atoms with E-state index < -0.39 is 16.1 Å². The number of nitrogens with zero attached hydrogens (tertiary/aromatic N) is 2. The smallest absolute Gasteiger partial charge is 0.243 e. The van der Waals surface area contributed by atoms with Gasteiger partial charge in [-0.3, -0.25) is 9.10 Å². The quantitative estimate of drug-likeness (QED) is 0.626. The summed E-state index contributed by atoms with van der Waals surface area (Å²) < 4.78 is 25.9. The molecular weight excluding hydrogens is 422 g/mol. The molecule has 1 atom stereocenters. The van der Waals surface area contributed by atoms with Crippen LogP contribution in [0.1, 0.15) is 31.9 Å².